The van der Waals surface area contributed by atoms with Gasteiger partial charge in [-0.1, -0.05) is 5.21 Å². The van der Waals surface area contributed by atoms with Crippen LogP contribution in [0.1, 0.15) is 24.6 Å². The Bertz CT molecular complexity index is 293. The number of rotatable bonds is 4. The number of nitrogens with two attached hydrogens (primary N) is 1. The number of nitrogens with zero attached hydrogens (tertiary/aromatic N) is 3. The average molecular weight is 196 g/mol. The van der Waals surface area contributed by atoms with Crippen molar-refractivity contribution in [2.75, 3.05) is 13.2 Å². The van der Waals surface area contributed by atoms with Gasteiger partial charge in [0.1, 0.15) is 0 Å². The Morgan fingerprint density at radius 1 is 1.57 bits per heavy atom. The van der Waals surface area contributed by atoms with Gasteiger partial charge in [-0.15, -0.1) is 5.10 Å². The Balaban J connectivity index is 1.91. The molecule has 1 aromatic rings. The molecular formula is C9H16N4O. The minimum absolute atomic E-state index is 0.134. The van der Waals surface area contributed by atoms with Crippen LogP contribution >= 0.6 is 0 Å². The molecule has 0 aliphatic heterocycles. The Morgan fingerprint density at radius 3 is 3.00 bits per heavy atom. The van der Waals surface area contributed by atoms with Crippen LogP contribution in [0.5, 0.6) is 0 Å². The molecule has 5 heteroatoms. The SMILES string of the molecule is NCC1CC(n2cc(CCO)nn2)C1. The van der Waals surface area contributed by atoms with E-state index in [2.05, 4.69) is 10.3 Å². The number of aromatic nitrogens is 3. The normalized spacial score (nSPS) is 26.1. The third-order valence-electron chi connectivity index (χ3n) is 2.84. The van der Waals surface area contributed by atoms with Crippen molar-refractivity contribution < 1.29 is 5.11 Å². The van der Waals surface area contributed by atoms with Crippen molar-refractivity contribution in [2.24, 2.45) is 11.7 Å². The number of aliphatic hydroxyl groups excluding tert-OH is 1. The monoisotopic (exact) mass is 196 g/mol. The van der Waals surface area contributed by atoms with Crippen LogP contribution in [0.15, 0.2) is 6.20 Å². The summed E-state index contributed by atoms with van der Waals surface area (Å²) in [6.45, 7) is 0.906. The van der Waals surface area contributed by atoms with E-state index in [9.17, 15) is 0 Å². The number of hydrogen-bond donors (Lipinski definition) is 2. The maximum absolute atomic E-state index is 8.73. The molecule has 0 bridgehead atoms. The molecule has 14 heavy (non-hydrogen) atoms. The molecule has 1 fully saturated rings. The van der Waals surface area contributed by atoms with Crippen molar-refractivity contribution in [3.05, 3.63) is 11.9 Å². The van der Waals surface area contributed by atoms with Crippen LogP contribution in [-0.4, -0.2) is 33.3 Å². The zero-order valence-electron chi connectivity index (χ0n) is 8.13. The largest absolute Gasteiger partial charge is 0.396 e. The van der Waals surface area contributed by atoms with E-state index >= 15 is 0 Å². The fourth-order valence-corrected chi connectivity index (χ4v) is 1.83. The van der Waals surface area contributed by atoms with Gasteiger partial charge in [-0.3, -0.25) is 0 Å². The molecule has 1 heterocycles. The first kappa shape index (κ1) is 9.61. The molecule has 3 N–H and O–H groups in total. The highest BCUT2D eigenvalue weighted by molar-refractivity contribution is 4.95. The fourth-order valence-electron chi connectivity index (χ4n) is 1.83. The summed E-state index contributed by atoms with van der Waals surface area (Å²) in [5.74, 6) is 0.658. The van der Waals surface area contributed by atoms with Crippen LogP contribution in [0.3, 0.4) is 0 Å². The quantitative estimate of drug-likeness (QED) is 0.694. The summed E-state index contributed by atoms with van der Waals surface area (Å²) in [6.07, 6.45) is 4.73. The van der Waals surface area contributed by atoms with Crippen LogP contribution < -0.4 is 5.73 Å². The summed E-state index contributed by atoms with van der Waals surface area (Å²) in [5.41, 5.74) is 6.41. The van der Waals surface area contributed by atoms with E-state index in [1.807, 2.05) is 10.9 Å². The van der Waals surface area contributed by atoms with E-state index < -0.39 is 0 Å². The molecule has 1 aromatic heterocycles. The van der Waals surface area contributed by atoms with E-state index in [0.717, 1.165) is 25.1 Å². The molecule has 0 amide bonds. The first-order valence-corrected chi connectivity index (χ1v) is 5.05. The molecule has 2 rings (SSSR count). The Labute approximate surface area is 82.9 Å². The van der Waals surface area contributed by atoms with Gasteiger partial charge in [-0.25, -0.2) is 4.68 Å². The third-order valence-corrected chi connectivity index (χ3v) is 2.84. The summed E-state index contributed by atoms with van der Waals surface area (Å²) in [4.78, 5) is 0. The van der Waals surface area contributed by atoms with Crippen LogP contribution in [0.2, 0.25) is 0 Å². The van der Waals surface area contributed by atoms with Crippen molar-refractivity contribution in [2.45, 2.75) is 25.3 Å². The Morgan fingerprint density at radius 2 is 2.36 bits per heavy atom. The molecule has 0 saturated heterocycles. The van der Waals surface area contributed by atoms with Crippen molar-refractivity contribution in [1.29, 1.82) is 0 Å². The standard InChI is InChI=1S/C9H16N4O/c10-5-7-3-9(4-7)13-6-8(1-2-14)11-12-13/h6-7,9,14H,1-5,10H2. The van der Waals surface area contributed by atoms with E-state index in [4.69, 9.17) is 10.8 Å². The number of aliphatic hydroxyl groups is 1. The van der Waals surface area contributed by atoms with Crippen molar-refractivity contribution in [1.82, 2.24) is 15.0 Å². The minimum Gasteiger partial charge on any atom is -0.396 e. The van der Waals surface area contributed by atoms with Gasteiger partial charge in [0.05, 0.1) is 11.7 Å². The van der Waals surface area contributed by atoms with Crippen LogP contribution in [0.4, 0.5) is 0 Å². The van der Waals surface area contributed by atoms with Crippen LogP contribution in [0, 0.1) is 5.92 Å². The highest BCUT2D eigenvalue weighted by atomic mass is 16.3. The second kappa shape index (κ2) is 4.06. The molecule has 5 nitrogen and oxygen atoms in total. The second-order valence-electron chi connectivity index (χ2n) is 3.89. The molecule has 78 valence electrons. The lowest BCUT2D eigenvalue weighted by molar-refractivity contribution is 0.187. The van der Waals surface area contributed by atoms with Gasteiger partial charge in [-0.05, 0) is 25.3 Å². The summed E-state index contributed by atoms with van der Waals surface area (Å²) in [5, 5.41) is 16.7. The van der Waals surface area contributed by atoms with E-state index in [-0.39, 0.29) is 6.61 Å². The van der Waals surface area contributed by atoms with E-state index in [0.29, 0.717) is 18.4 Å². The second-order valence-corrected chi connectivity index (χ2v) is 3.89. The molecule has 0 unspecified atom stereocenters. The van der Waals surface area contributed by atoms with Gasteiger partial charge in [0.2, 0.25) is 0 Å². The Kier molecular flexibility index (Phi) is 2.79. The topological polar surface area (TPSA) is 77.0 Å². The van der Waals surface area contributed by atoms with Crippen molar-refractivity contribution >= 4 is 0 Å². The molecule has 0 atom stereocenters. The molecule has 1 aliphatic rings. The van der Waals surface area contributed by atoms with Gasteiger partial charge >= 0.3 is 0 Å². The third kappa shape index (κ3) is 1.78. The lowest BCUT2D eigenvalue weighted by Gasteiger charge is -2.33. The van der Waals surface area contributed by atoms with Gasteiger partial charge in [0.25, 0.3) is 0 Å². The first-order valence-electron chi connectivity index (χ1n) is 5.05. The molecule has 0 spiro atoms. The fraction of sp³-hybridized carbons (Fsp3) is 0.778. The maximum atomic E-state index is 8.73. The lowest BCUT2D eigenvalue weighted by Crippen LogP contribution is -2.32. The van der Waals surface area contributed by atoms with E-state index in [1.54, 1.807) is 0 Å². The van der Waals surface area contributed by atoms with Crippen LogP contribution in [0.25, 0.3) is 0 Å². The molecular weight excluding hydrogens is 180 g/mol. The molecule has 1 saturated carbocycles. The predicted octanol–water partition coefficient (Wildman–Crippen LogP) is -0.277. The Hall–Kier alpha value is -0.940. The van der Waals surface area contributed by atoms with Gasteiger partial charge in [0.15, 0.2) is 0 Å². The summed E-state index contributed by atoms with van der Waals surface area (Å²) >= 11 is 0. The molecule has 1 aliphatic carbocycles. The molecule has 0 aromatic carbocycles. The van der Waals surface area contributed by atoms with Gasteiger partial charge in [0, 0.05) is 19.2 Å². The van der Waals surface area contributed by atoms with Crippen molar-refractivity contribution in [3.8, 4) is 0 Å². The number of hydrogen-bond acceptors (Lipinski definition) is 4. The average Bonchev–Trinajstić information content (AvgIpc) is 2.52. The zero-order chi connectivity index (χ0) is 9.97. The molecule has 0 radical (unpaired) electrons. The lowest BCUT2D eigenvalue weighted by atomic mass is 9.80. The predicted molar refractivity (Wildman–Crippen MR) is 51.6 cm³/mol. The van der Waals surface area contributed by atoms with Gasteiger partial charge < -0.3 is 10.8 Å². The highest BCUT2D eigenvalue weighted by Gasteiger charge is 2.30. The highest BCUT2D eigenvalue weighted by Crippen LogP contribution is 2.36. The smallest absolute Gasteiger partial charge is 0.0850 e. The zero-order valence-corrected chi connectivity index (χ0v) is 8.13. The maximum Gasteiger partial charge on any atom is 0.0850 e. The van der Waals surface area contributed by atoms with Crippen LogP contribution in [-0.2, 0) is 6.42 Å². The van der Waals surface area contributed by atoms with Crippen molar-refractivity contribution in [3.63, 3.8) is 0 Å². The summed E-state index contributed by atoms with van der Waals surface area (Å²) in [7, 11) is 0. The first-order chi connectivity index (χ1) is 6.83. The van der Waals surface area contributed by atoms with Gasteiger partial charge in [-0.2, -0.15) is 0 Å². The summed E-state index contributed by atoms with van der Waals surface area (Å²) in [6, 6.07) is 0.475. The summed E-state index contributed by atoms with van der Waals surface area (Å²) < 4.78 is 1.90. The van der Waals surface area contributed by atoms with E-state index in [1.165, 1.54) is 0 Å². The minimum atomic E-state index is 0.134.